The molecule has 0 amide bonds. The van der Waals surface area contributed by atoms with Crippen LogP contribution in [0.15, 0.2) is 0 Å². The molecule has 0 aliphatic heterocycles. The Bertz CT molecular complexity index is 199. The van der Waals surface area contributed by atoms with Gasteiger partial charge in [0.2, 0.25) is 0 Å². The molecule has 0 aromatic rings. The second-order valence-electron chi connectivity index (χ2n) is 5.66. The predicted molar refractivity (Wildman–Crippen MR) is 77.6 cm³/mol. The maximum atomic E-state index is 11.8. The third kappa shape index (κ3) is 9.49. The van der Waals surface area contributed by atoms with Gasteiger partial charge in [0.15, 0.2) is 0 Å². The van der Waals surface area contributed by atoms with Crippen molar-refractivity contribution in [2.75, 3.05) is 6.61 Å². The van der Waals surface area contributed by atoms with Gasteiger partial charge in [0.1, 0.15) is 0 Å². The van der Waals surface area contributed by atoms with Gasteiger partial charge in [0.25, 0.3) is 0 Å². The molecule has 0 bridgehead atoms. The molecule has 0 rings (SSSR count). The maximum Gasteiger partial charge on any atom is 0.308 e. The minimum Gasteiger partial charge on any atom is -0.465 e. The highest BCUT2D eigenvalue weighted by molar-refractivity contribution is 5.72. The van der Waals surface area contributed by atoms with Crippen LogP contribution in [0.3, 0.4) is 0 Å². The van der Waals surface area contributed by atoms with Gasteiger partial charge in [-0.1, -0.05) is 59.8 Å². The quantitative estimate of drug-likeness (QED) is 0.385. The molecular weight excluding hydrogens is 224 g/mol. The van der Waals surface area contributed by atoms with Crippen LogP contribution in [0.25, 0.3) is 0 Å². The van der Waals surface area contributed by atoms with Gasteiger partial charge in [-0.3, -0.25) is 4.79 Å². The van der Waals surface area contributed by atoms with Crippen LogP contribution in [0.2, 0.25) is 0 Å². The lowest BCUT2D eigenvalue weighted by Gasteiger charge is -2.13. The first-order valence-corrected chi connectivity index (χ1v) is 7.78. The first kappa shape index (κ1) is 17.5. The van der Waals surface area contributed by atoms with Gasteiger partial charge in [-0.2, -0.15) is 0 Å². The third-order valence-electron chi connectivity index (χ3n) is 3.40. The topological polar surface area (TPSA) is 26.3 Å². The van der Waals surface area contributed by atoms with Gasteiger partial charge in [-0.05, 0) is 25.2 Å². The normalized spacial score (nSPS) is 12.7. The summed E-state index contributed by atoms with van der Waals surface area (Å²) in [5, 5.41) is 0. The second kappa shape index (κ2) is 11.6. The highest BCUT2D eigenvalue weighted by Gasteiger charge is 2.16. The molecular formula is C16H32O2. The average Bonchev–Trinajstić information content (AvgIpc) is 2.34. The summed E-state index contributed by atoms with van der Waals surface area (Å²) in [6.07, 6.45) is 8.90. The molecule has 0 aromatic heterocycles. The largest absolute Gasteiger partial charge is 0.465 e. The molecule has 1 unspecified atom stereocenters. The Morgan fingerprint density at radius 1 is 1.00 bits per heavy atom. The van der Waals surface area contributed by atoms with Crippen molar-refractivity contribution in [1.29, 1.82) is 0 Å². The zero-order chi connectivity index (χ0) is 13.8. The molecule has 0 saturated carbocycles. The van der Waals surface area contributed by atoms with E-state index in [-0.39, 0.29) is 11.9 Å². The van der Waals surface area contributed by atoms with Crippen molar-refractivity contribution in [2.45, 2.75) is 79.1 Å². The molecule has 2 heteroatoms. The smallest absolute Gasteiger partial charge is 0.308 e. The molecule has 108 valence electrons. The summed E-state index contributed by atoms with van der Waals surface area (Å²) in [7, 11) is 0. The van der Waals surface area contributed by atoms with Crippen LogP contribution in [0.4, 0.5) is 0 Å². The summed E-state index contributed by atoms with van der Waals surface area (Å²) in [6, 6.07) is 0. The summed E-state index contributed by atoms with van der Waals surface area (Å²) in [4.78, 5) is 11.8. The van der Waals surface area contributed by atoms with Crippen molar-refractivity contribution in [3.05, 3.63) is 0 Å². The van der Waals surface area contributed by atoms with Gasteiger partial charge in [0, 0.05) is 0 Å². The lowest BCUT2D eigenvalue weighted by molar-refractivity contribution is -0.149. The number of carbonyl (C=O) groups is 1. The lowest BCUT2D eigenvalue weighted by Crippen LogP contribution is -2.17. The van der Waals surface area contributed by atoms with Crippen molar-refractivity contribution in [3.8, 4) is 0 Å². The van der Waals surface area contributed by atoms with Crippen molar-refractivity contribution < 1.29 is 9.53 Å². The van der Waals surface area contributed by atoms with Gasteiger partial charge < -0.3 is 4.74 Å². The number of unbranched alkanes of at least 4 members (excludes halogenated alkanes) is 3. The molecule has 0 radical (unpaired) electrons. The fourth-order valence-electron chi connectivity index (χ4n) is 2.06. The molecule has 0 heterocycles. The van der Waals surface area contributed by atoms with Crippen LogP contribution < -0.4 is 0 Å². The summed E-state index contributed by atoms with van der Waals surface area (Å²) < 4.78 is 5.36. The van der Waals surface area contributed by atoms with Gasteiger partial charge >= 0.3 is 5.97 Å². The number of esters is 1. The molecule has 0 fully saturated rings. The van der Waals surface area contributed by atoms with E-state index < -0.39 is 0 Å². The molecule has 0 saturated heterocycles. The Hall–Kier alpha value is -0.530. The fourth-order valence-corrected chi connectivity index (χ4v) is 2.06. The van der Waals surface area contributed by atoms with Gasteiger partial charge in [-0.15, -0.1) is 0 Å². The SMILES string of the molecule is CCCCC(CC)C(=O)OCCCCCC(C)C. The lowest BCUT2D eigenvalue weighted by atomic mass is 10.00. The zero-order valence-corrected chi connectivity index (χ0v) is 12.8. The molecule has 0 spiro atoms. The zero-order valence-electron chi connectivity index (χ0n) is 12.8. The number of rotatable bonds is 11. The van der Waals surface area contributed by atoms with E-state index in [0.717, 1.165) is 38.0 Å². The van der Waals surface area contributed by atoms with Crippen molar-refractivity contribution in [3.63, 3.8) is 0 Å². The van der Waals surface area contributed by atoms with E-state index in [2.05, 4.69) is 27.7 Å². The Morgan fingerprint density at radius 2 is 1.72 bits per heavy atom. The van der Waals surface area contributed by atoms with Crippen LogP contribution in [0.1, 0.15) is 79.1 Å². The molecule has 1 atom stereocenters. The first-order valence-electron chi connectivity index (χ1n) is 7.78. The molecule has 0 N–H and O–H groups in total. The highest BCUT2D eigenvalue weighted by atomic mass is 16.5. The van der Waals surface area contributed by atoms with Crippen molar-refractivity contribution in [2.24, 2.45) is 11.8 Å². The summed E-state index contributed by atoms with van der Waals surface area (Å²) in [5.41, 5.74) is 0. The van der Waals surface area contributed by atoms with E-state index in [9.17, 15) is 4.79 Å². The van der Waals surface area contributed by atoms with E-state index in [1.807, 2.05) is 0 Å². The number of hydrogen-bond acceptors (Lipinski definition) is 2. The fraction of sp³-hybridized carbons (Fsp3) is 0.938. The van der Waals surface area contributed by atoms with E-state index >= 15 is 0 Å². The Labute approximate surface area is 113 Å². The minimum atomic E-state index is 0.0230. The van der Waals surface area contributed by atoms with Crippen molar-refractivity contribution >= 4 is 5.97 Å². The molecule has 0 aliphatic rings. The summed E-state index contributed by atoms with van der Waals surface area (Å²) in [5.74, 6) is 0.932. The molecule has 2 nitrogen and oxygen atoms in total. The maximum absolute atomic E-state index is 11.8. The Morgan fingerprint density at radius 3 is 2.28 bits per heavy atom. The van der Waals surface area contributed by atoms with Crippen LogP contribution in [0.5, 0.6) is 0 Å². The van der Waals surface area contributed by atoms with Crippen LogP contribution in [-0.4, -0.2) is 12.6 Å². The minimum absolute atomic E-state index is 0.0230. The first-order chi connectivity index (χ1) is 8.61. The van der Waals surface area contributed by atoms with E-state index in [4.69, 9.17) is 4.74 Å². The van der Waals surface area contributed by atoms with Crippen LogP contribution in [0, 0.1) is 11.8 Å². The Kier molecular flexibility index (Phi) is 11.2. The average molecular weight is 256 g/mol. The van der Waals surface area contributed by atoms with E-state index in [0.29, 0.717) is 6.61 Å². The summed E-state index contributed by atoms with van der Waals surface area (Å²) >= 11 is 0. The monoisotopic (exact) mass is 256 g/mol. The van der Waals surface area contributed by atoms with Crippen LogP contribution >= 0.6 is 0 Å². The Balaban J connectivity index is 3.55. The molecule has 18 heavy (non-hydrogen) atoms. The molecule has 0 aromatic carbocycles. The molecule has 0 aliphatic carbocycles. The number of ether oxygens (including phenoxy) is 1. The van der Waals surface area contributed by atoms with E-state index in [1.54, 1.807) is 0 Å². The predicted octanol–water partition coefficient (Wildman–Crippen LogP) is 4.96. The van der Waals surface area contributed by atoms with E-state index in [1.165, 1.54) is 19.3 Å². The van der Waals surface area contributed by atoms with Crippen LogP contribution in [-0.2, 0) is 9.53 Å². The van der Waals surface area contributed by atoms with Crippen molar-refractivity contribution in [1.82, 2.24) is 0 Å². The summed E-state index contributed by atoms with van der Waals surface area (Å²) in [6.45, 7) is 9.34. The number of hydrogen-bond donors (Lipinski definition) is 0. The number of carbonyl (C=O) groups excluding carboxylic acids is 1. The van der Waals surface area contributed by atoms with Gasteiger partial charge in [-0.25, -0.2) is 0 Å². The highest BCUT2D eigenvalue weighted by Crippen LogP contribution is 2.15. The standard InChI is InChI=1S/C16H32O2/c1-5-7-12-15(6-2)16(17)18-13-10-8-9-11-14(3)4/h14-15H,5-13H2,1-4H3. The van der Waals surface area contributed by atoms with Gasteiger partial charge in [0.05, 0.1) is 12.5 Å². The third-order valence-corrected chi connectivity index (χ3v) is 3.40. The second-order valence-corrected chi connectivity index (χ2v) is 5.66.